The molecule has 0 aromatic carbocycles. The van der Waals surface area contributed by atoms with Crippen molar-refractivity contribution in [2.24, 2.45) is 0 Å². The van der Waals surface area contributed by atoms with Crippen LogP contribution in [0.2, 0.25) is 0 Å². The van der Waals surface area contributed by atoms with E-state index in [-0.39, 0.29) is 23.5 Å². The highest BCUT2D eigenvalue weighted by Crippen LogP contribution is 2.12. The highest BCUT2D eigenvalue weighted by atomic mass is 32.2. The molecule has 100 valence electrons. The van der Waals surface area contributed by atoms with Gasteiger partial charge in [-0.2, -0.15) is 0 Å². The summed E-state index contributed by atoms with van der Waals surface area (Å²) >= 11 is 0. The van der Waals surface area contributed by atoms with Gasteiger partial charge in [0.15, 0.2) is 9.84 Å². The molecule has 1 heterocycles. The van der Waals surface area contributed by atoms with Crippen molar-refractivity contribution in [2.75, 3.05) is 24.6 Å². The van der Waals surface area contributed by atoms with E-state index in [1.807, 2.05) is 13.8 Å². The summed E-state index contributed by atoms with van der Waals surface area (Å²) in [6, 6.07) is 0.169. The van der Waals surface area contributed by atoms with E-state index in [0.29, 0.717) is 25.6 Å². The first-order chi connectivity index (χ1) is 7.82. The molecule has 0 bridgehead atoms. The zero-order valence-electron chi connectivity index (χ0n) is 10.8. The van der Waals surface area contributed by atoms with Crippen molar-refractivity contribution in [1.82, 2.24) is 10.2 Å². The van der Waals surface area contributed by atoms with E-state index in [0.717, 1.165) is 0 Å². The molecule has 0 saturated carbocycles. The third kappa shape index (κ3) is 4.63. The number of amides is 1. The van der Waals surface area contributed by atoms with Gasteiger partial charge in [0, 0.05) is 31.6 Å². The Morgan fingerprint density at radius 2 is 2.12 bits per heavy atom. The standard InChI is InChI=1S/C11H22N2O3S/c1-9(2)12-5-4-11(14)13-6-7-17(15,16)8-10(13)3/h9-10,12H,4-8H2,1-3H3. The van der Waals surface area contributed by atoms with Crippen molar-refractivity contribution in [3.8, 4) is 0 Å². The van der Waals surface area contributed by atoms with Crippen LogP contribution in [0.5, 0.6) is 0 Å². The maximum Gasteiger partial charge on any atom is 0.224 e. The maximum atomic E-state index is 11.9. The minimum atomic E-state index is -2.94. The molecule has 17 heavy (non-hydrogen) atoms. The Morgan fingerprint density at radius 1 is 1.47 bits per heavy atom. The van der Waals surface area contributed by atoms with E-state index in [4.69, 9.17) is 0 Å². The zero-order valence-corrected chi connectivity index (χ0v) is 11.6. The molecule has 1 fully saturated rings. The average molecular weight is 262 g/mol. The summed E-state index contributed by atoms with van der Waals surface area (Å²) in [5.74, 6) is 0.234. The monoisotopic (exact) mass is 262 g/mol. The average Bonchev–Trinajstić information content (AvgIpc) is 2.14. The molecule has 1 saturated heterocycles. The van der Waals surface area contributed by atoms with Gasteiger partial charge >= 0.3 is 0 Å². The first-order valence-corrected chi connectivity index (χ1v) is 7.87. The third-order valence-corrected chi connectivity index (χ3v) is 4.68. The van der Waals surface area contributed by atoms with Crippen LogP contribution in [0.4, 0.5) is 0 Å². The highest BCUT2D eigenvalue weighted by molar-refractivity contribution is 7.91. The van der Waals surface area contributed by atoms with Crippen molar-refractivity contribution in [3.05, 3.63) is 0 Å². The zero-order chi connectivity index (χ0) is 13.1. The minimum Gasteiger partial charge on any atom is -0.338 e. The van der Waals surface area contributed by atoms with E-state index >= 15 is 0 Å². The lowest BCUT2D eigenvalue weighted by molar-refractivity contribution is -0.132. The lowest BCUT2D eigenvalue weighted by atomic mass is 10.2. The van der Waals surface area contributed by atoms with Gasteiger partial charge in [-0.3, -0.25) is 4.79 Å². The Hall–Kier alpha value is -0.620. The van der Waals surface area contributed by atoms with Crippen molar-refractivity contribution in [1.29, 1.82) is 0 Å². The van der Waals surface area contributed by atoms with Gasteiger partial charge in [-0.1, -0.05) is 13.8 Å². The van der Waals surface area contributed by atoms with Gasteiger partial charge in [0.05, 0.1) is 11.5 Å². The van der Waals surface area contributed by atoms with Crippen LogP contribution in [0.1, 0.15) is 27.2 Å². The molecule has 0 aromatic rings. The molecule has 1 amide bonds. The molecule has 1 atom stereocenters. The van der Waals surface area contributed by atoms with Crippen LogP contribution in [0.25, 0.3) is 0 Å². The van der Waals surface area contributed by atoms with Gasteiger partial charge in [0.25, 0.3) is 0 Å². The van der Waals surface area contributed by atoms with Crippen LogP contribution in [0.15, 0.2) is 0 Å². The number of carbonyl (C=O) groups is 1. The summed E-state index contributed by atoms with van der Waals surface area (Å²) in [7, 11) is -2.94. The Morgan fingerprint density at radius 3 is 2.65 bits per heavy atom. The first kappa shape index (κ1) is 14.4. The molecule has 1 N–H and O–H groups in total. The molecule has 1 aliphatic rings. The van der Waals surface area contributed by atoms with Gasteiger partial charge in [0.2, 0.25) is 5.91 Å². The van der Waals surface area contributed by atoms with Crippen LogP contribution in [-0.4, -0.2) is 55.9 Å². The van der Waals surface area contributed by atoms with Crippen molar-refractivity contribution in [3.63, 3.8) is 0 Å². The molecule has 0 spiro atoms. The van der Waals surface area contributed by atoms with Crippen LogP contribution >= 0.6 is 0 Å². The van der Waals surface area contributed by atoms with Gasteiger partial charge in [-0.05, 0) is 6.92 Å². The fraction of sp³-hybridized carbons (Fsp3) is 0.909. The summed E-state index contributed by atoms with van der Waals surface area (Å²) < 4.78 is 22.8. The molecule has 0 radical (unpaired) electrons. The quantitative estimate of drug-likeness (QED) is 0.775. The number of hydrogen-bond donors (Lipinski definition) is 1. The van der Waals surface area contributed by atoms with Gasteiger partial charge in [0.1, 0.15) is 0 Å². The molecule has 0 aromatic heterocycles. The molecule has 5 nitrogen and oxygen atoms in total. The minimum absolute atomic E-state index is 0.0422. The molecule has 0 aliphatic carbocycles. The topological polar surface area (TPSA) is 66.5 Å². The Labute approximate surface area is 103 Å². The van der Waals surface area contributed by atoms with Gasteiger partial charge in [-0.15, -0.1) is 0 Å². The summed E-state index contributed by atoms with van der Waals surface area (Å²) in [6.45, 7) is 6.84. The number of rotatable bonds is 4. The molecular formula is C11H22N2O3S. The van der Waals surface area contributed by atoms with Crippen LogP contribution in [0, 0.1) is 0 Å². The molecule has 1 rings (SSSR count). The van der Waals surface area contributed by atoms with E-state index in [2.05, 4.69) is 5.32 Å². The summed E-state index contributed by atoms with van der Waals surface area (Å²) in [5.41, 5.74) is 0. The number of carbonyl (C=O) groups excluding carboxylic acids is 1. The first-order valence-electron chi connectivity index (χ1n) is 6.05. The summed E-state index contributed by atoms with van der Waals surface area (Å²) in [6.07, 6.45) is 0.433. The lowest BCUT2D eigenvalue weighted by Gasteiger charge is -2.33. The number of nitrogens with zero attached hydrogens (tertiary/aromatic N) is 1. The largest absolute Gasteiger partial charge is 0.338 e. The fourth-order valence-corrected chi connectivity index (χ4v) is 3.54. The summed E-state index contributed by atoms with van der Waals surface area (Å²) in [4.78, 5) is 13.6. The molecule has 1 aliphatic heterocycles. The van der Waals surface area contributed by atoms with Crippen LogP contribution in [-0.2, 0) is 14.6 Å². The van der Waals surface area contributed by atoms with E-state index in [1.165, 1.54) is 0 Å². The predicted octanol–water partition coefficient (Wildman–Crippen LogP) is 0.0200. The van der Waals surface area contributed by atoms with Crippen LogP contribution < -0.4 is 5.32 Å². The number of hydrogen-bond acceptors (Lipinski definition) is 4. The lowest BCUT2D eigenvalue weighted by Crippen LogP contribution is -2.50. The predicted molar refractivity (Wildman–Crippen MR) is 67.6 cm³/mol. The summed E-state index contributed by atoms with van der Waals surface area (Å²) in [5, 5.41) is 3.18. The second-order valence-electron chi connectivity index (χ2n) is 4.91. The molecule has 6 heteroatoms. The second kappa shape index (κ2) is 5.82. The third-order valence-electron chi connectivity index (χ3n) is 2.88. The Bertz CT molecular complexity index is 365. The number of sulfone groups is 1. The maximum absolute atomic E-state index is 11.9. The van der Waals surface area contributed by atoms with E-state index in [1.54, 1.807) is 11.8 Å². The number of nitrogens with one attached hydrogen (secondary N) is 1. The Kier molecular flexibility index (Phi) is 4.94. The van der Waals surface area contributed by atoms with E-state index < -0.39 is 9.84 Å². The molecular weight excluding hydrogens is 240 g/mol. The SMILES string of the molecule is CC(C)NCCC(=O)N1CCS(=O)(=O)CC1C. The second-order valence-corrected chi connectivity index (χ2v) is 7.14. The van der Waals surface area contributed by atoms with Crippen molar-refractivity contribution < 1.29 is 13.2 Å². The van der Waals surface area contributed by atoms with E-state index in [9.17, 15) is 13.2 Å². The van der Waals surface area contributed by atoms with Crippen LogP contribution in [0.3, 0.4) is 0 Å². The fourth-order valence-electron chi connectivity index (χ4n) is 1.98. The highest BCUT2D eigenvalue weighted by Gasteiger charge is 2.30. The van der Waals surface area contributed by atoms with Crippen molar-refractivity contribution in [2.45, 2.75) is 39.3 Å². The smallest absolute Gasteiger partial charge is 0.224 e. The van der Waals surface area contributed by atoms with Gasteiger partial charge < -0.3 is 10.2 Å². The molecule has 1 unspecified atom stereocenters. The normalized spacial score (nSPS) is 24.0. The van der Waals surface area contributed by atoms with Gasteiger partial charge in [-0.25, -0.2) is 8.42 Å². The Balaban J connectivity index is 2.43. The van der Waals surface area contributed by atoms with Crippen molar-refractivity contribution >= 4 is 15.7 Å².